The van der Waals surface area contributed by atoms with E-state index in [0.717, 1.165) is 35.2 Å². The zero-order valence-corrected chi connectivity index (χ0v) is 12.4. The molecule has 2 atom stereocenters. The van der Waals surface area contributed by atoms with Gasteiger partial charge in [-0.05, 0) is 36.9 Å². The van der Waals surface area contributed by atoms with Gasteiger partial charge in [0, 0.05) is 35.5 Å². The second kappa shape index (κ2) is 5.12. The minimum Gasteiger partial charge on any atom is -0.457 e. The molecule has 1 aromatic carbocycles. The largest absolute Gasteiger partial charge is 0.457 e. The van der Waals surface area contributed by atoms with E-state index in [2.05, 4.69) is 25.1 Å². The molecule has 3 heteroatoms. The van der Waals surface area contributed by atoms with Gasteiger partial charge in [0.05, 0.1) is 0 Å². The standard InChI is InChI=1S/C17H18ClNO/c1-4-12-14-9-19(3)10-15(14)13-8-11(18)6-7-17(13)20-16(12)5-2/h4-8,14-15H,1-2,9-10H2,3H3/t14-,15?/m0/s1. The second-order valence-corrected chi connectivity index (χ2v) is 5.88. The van der Waals surface area contributed by atoms with Gasteiger partial charge in [-0.2, -0.15) is 0 Å². The summed E-state index contributed by atoms with van der Waals surface area (Å²) in [5.74, 6) is 2.46. The Bertz CT molecular complexity index is 605. The van der Waals surface area contributed by atoms with Crippen LogP contribution in [0.4, 0.5) is 0 Å². The van der Waals surface area contributed by atoms with Crippen molar-refractivity contribution in [3.8, 4) is 5.75 Å². The number of rotatable bonds is 2. The number of fused-ring (bicyclic) bond motifs is 3. The van der Waals surface area contributed by atoms with Crippen molar-refractivity contribution >= 4 is 11.6 Å². The van der Waals surface area contributed by atoms with Gasteiger partial charge in [-0.15, -0.1) is 0 Å². The van der Waals surface area contributed by atoms with Crippen molar-refractivity contribution in [2.45, 2.75) is 5.92 Å². The average Bonchev–Trinajstić information content (AvgIpc) is 2.76. The molecule has 0 saturated carbocycles. The van der Waals surface area contributed by atoms with Crippen LogP contribution in [0.3, 0.4) is 0 Å². The summed E-state index contributed by atoms with van der Waals surface area (Å²) in [5, 5.41) is 0.753. The Morgan fingerprint density at radius 1 is 1.25 bits per heavy atom. The zero-order chi connectivity index (χ0) is 14.3. The predicted octanol–water partition coefficient (Wildman–Crippen LogP) is 4.00. The Labute approximate surface area is 125 Å². The molecule has 2 heterocycles. The minimum absolute atomic E-state index is 0.380. The molecule has 1 saturated heterocycles. The van der Waals surface area contributed by atoms with E-state index in [-0.39, 0.29) is 0 Å². The normalized spacial score (nSPS) is 25.5. The van der Waals surface area contributed by atoms with Crippen molar-refractivity contribution in [3.63, 3.8) is 0 Å². The molecule has 2 nitrogen and oxygen atoms in total. The first kappa shape index (κ1) is 13.5. The SMILES string of the molecule is C=CC1=C(C=C)[C@@H]2CN(C)CC2c2cc(Cl)ccc2O1. The maximum absolute atomic E-state index is 6.17. The van der Waals surface area contributed by atoms with Gasteiger partial charge in [0.25, 0.3) is 0 Å². The Hall–Kier alpha value is -1.51. The van der Waals surface area contributed by atoms with Gasteiger partial charge < -0.3 is 9.64 Å². The number of allylic oxidation sites excluding steroid dienone is 2. The summed E-state index contributed by atoms with van der Waals surface area (Å²) in [6, 6.07) is 5.84. The van der Waals surface area contributed by atoms with Gasteiger partial charge in [0.2, 0.25) is 0 Å². The molecule has 3 rings (SSSR count). The first-order valence-corrected chi connectivity index (χ1v) is 7.16. The van der Waals surface area contributed by atoms with Crippen LogP contribution in [0.25, 0.3) is 0 Å². The van der Waals surface area contributed by atoms with E-state index < -0.39 is 0 Å². The van der Waals surface area contributed by atoms with Crippen LogP contribution in [0, 0.1) is 5.92 Å². The third-order valence-corrected chi connectivity index (χ3v) is 4.42. The number of likely N-dealkylation sites (tertiary alicyclic amines) is 1. The summed E-state index contributed by atoms with van der Waals surface area (Å²) in [6.07, 6.45) is 3.68. The molecular formula is C17H18ClNO. The minimum atomic E-state index is 0.380. The Morgan fingerprint density at radius 3 is 2.70 bits per heavy atom. The highest BCUT2D eigenvalue weighted by Gasteiger charge is 2.38. The average molecular weight is 288 g/mol. The maximum Gasteiger partial charge on any atom is 0.131 e. The molecule has 0 bridgehead atoms. The summed E-state index contributed by atoms with van der Waals surface area (Å²) in [4.78, 5) is 2.34. The van der Waals surface area contributed by atoms with Gasteiger partial charge >= 0.3 is 0 Å². The molecule has 1 aromatic rings. The maximum atomic E-state index is 6.17. The lowest BCUT2D eigenvalue weighted by Gasteiger charge is -2.18. The topological polar surface area (TPSA) is 12.5 Å². The third kappa shape index (κ3) is 2.09. The fraction of sp³-hybridized carbons (Fsp3) is 0.294. The smallest absolute Gasteiger partial charge is 0.131 e. The number of ether oxygens (including phenoxy) is 1. The summed E-state index contributed by atoms with van der Waals surface area (Å²) in [7, 11) is 2.15. The lowest BCUT2D eigenvalue weighted by molar-refractivity contribution is 0.393. The Kier molecular flexibility index (Phi) is 3.45. The summed E-state index contributed by atoms with van der Waals surface area (Å²) in [6.45, 7) is 9.84. The molecule has 0 aromatic heterocycles. The van der Waals surface area contributed by atoms with E-state index in [4.69, 9.17) is 16.3 Å². The molecule has 0 amide bonds. The second-order valence-electron chi connectivity index (χ2n) is 5.45. The quantitative estimate of drug-likeness (QED) is 0.815. The molecule has 2 aliphatic rings. The predicted molar refractivity (Wildman–Crippen MR) is 83.2 cm³/mol. The van der Waals surface area contributed by atoms with Crippen LogP contribution in [-0.4, -0.2) is 25.0 Å². The molecule has 2 aliphatic heterocycles. The van der Waals surface area contributed by atoms with Crippen molar-refractivity contribution in [2.24, 2.45) is 5.92 Å². The fourth-order valence-corrected chi connectivity index (χ4v) is 3.48. The van der Waals surface area contributed by atoms with E-state index in [9.17, 15) is 0 Å². The van der Waals surface area contributed by atoms with Gasteiger partial charge in [-0.25, -0.2) is 0 Å². The summed E-state index contributed by atoms with van der Waals surface area (Å²) in [5.41, 5.74) is 2.32. The van der Waals surface area contributed by atoms with Crippen molar-refractivity contribution in [2.75, 3.05) is 20.1 Å². The molecule has 1 fully saturated rings. The van der Waals surface area contributed by atoms with E-state index in [0.29, 0.717) is 11.8 Å². The van der Waals surface area contributed by atoms with Crippen molar-refractivity contribution in [1.82, 2.24) is 4.90 Å². The van der Waals surface area contributed by atoms with E-state index in [1.165, 1.54) is 5.56 Å². The van der Waals surface area contributed by atoms with Gasteiger partial charge in [0.1, 0.15) is 11.5 Å². The van der Waals surface area contributed by atoms with Gasteiger partial charge in [-0.1, -0.05) is 30.8 Å². The molecule has 0 N–H and O–H groups in total. The van der Waals surface area contributed by atoms with Crippen LogP contribution in [0.2, 0.25) is 5.02 Å². The number of hydrogen-bond donors (Lipinski definition) is 0. The monoisotopic (exact) mass is 287 g/mol. The fourth-order valence-electron chi connectivity index (χ4n) is 3.30. The number of likely N-dealkylation sites (N-methyl/N-ethyl adjacent to an activating group) is 1. The lowest BCUT2D eigenvalue weighted by atomic mass is 9.83. The highest BCUT2D eigenvalue weighted by atomic mass is 35.5. The summed E-state index contributed by atoms with van der Waals surface area (Å²) < 4.78 is 6.05. The van der Waals surface area contributed by atoms with Crippen molar-refractivity contribution < 1.29 is 4.74 Å². The van der Waals surface area contributed by atoms with Gasteiger partial charge in [0.15, 0.2) is 0 Å². The third-order valence-electron chi connectivity index (χ3n) is 4.18. The highest BCUT2D eigenvalue weighted by molar-refractivity contribution is 6.30. The van der Waals surface area contributed by atoms with Crippen LogP contribution in [0.15, 0.2) is 54.8 Å². The van der Waals surface area contributed by atoms with E-state index in [1.54, 1.807) is 6.08 Å². The molecular weight excluding hydrogens is 270 g/mol. The number of hydrogen-bond acceptors (Lipinski definition) is 2. The zero-order valence-electron chi connectivity index (χ0n) is 11.6. The van der Waals surface area contributed by atoms with Crippen molar-refractivity contribution in [3.05, 3.63) is 65.4 Å². The molecule has 0 aliphatic carbocycles. The highest BCUT2D eigenvalue weighted by Crippen LogP contribution is 2.45. The molecule has 1 unspecified atom stereocenters. The number of benzene rings is 1. The van der Waals surface area contributed by atoms with Crippen LogP contribution in [0.1, 0.15) is 11.5 Å². The van der Waals surface area contributed by atoms with Crippen LogP contribution in [0.5, 0.6) is 5.75 Å². The molecule has 104 valence electrons. The lowest BCUT2D eigenvalue weighted by Crippen LogP contribution is -2.15. The van der Waals surface area contributed by atoms with Gasteiger partial charge in [-0.3, -0.25) is 0 Å². The van der Waals surface area contributed by atoms with Crippen LogP contribution < -0.4 is 4.74 Å². The first-order valence-electron chi connectivity index (χ1n) is 6.79. The van der Waals surface area contributed by atoms with Crippen LogP contribution >= 0.6 is 11.6 Å². The summed E-state index contributed by atoms with van der Waals surface area (Å²) >= 11 is 6.17. The number of nitrogens with zero attached hydrogens (tertiary/aromatic N) is 1. The molecule has 0 radical (unpaired) electrons. The Morgan fingerprint density at radius 2 is 2.00 bits per heavy atom. The first-order chi connectivity index (χ1) is 9.63. The van der Waals surface area contributed by atoms with Crippen molar-refractivity contribution in [1.29, 1.82) is 0 Å². The van der Waals surface area contributed by atoms with E-state index >= 15 is 0 Å². The number of halogens is 1. The van der Waals surface area contributed by atoms with E-state index in [1.807, 2.05) is 24.3 Å². The Balaban J connectivity index is 2.19. The molecule has 20 heavy (non-hydrogen) atoms. The molecule has 0 spiro atoms. The van der Waals surface area contributed by atoms with Crippen LogP contribution in [-0.2, 0) is 0 Å².